The quantitative estimate of drug-likeness (QED) is 0.202. The molecule has 0 unspecified atom stereocenters. The second-order valence-corrected chi connectivity index (χ2v) is 12.1. The molecule has 202 valence electrons. The molecule has 40 heavy (non-hydrogen) atoms. The van der Waals surface area contributed by atoms with Gasteiger partial charge in [-0.2, -0.15) is 0 Å². The molecule has 0 spiro atoms. The van der Waals surface area contributed by atoms with Crippen molar-refractivity contribution in [2.24, 2.45) is 0 Å². The monoisotopic (exact) mass is 592 g/mol. The first kappa shape index (κ1) is 27.5. The molecule has 4 aromatic carbocycles. The van der Waals surface area contributed by atoms with E-state index in [0.717, 1.165) is 26.4 Å². The van der Waals surface area contributed by atoms with E-state index >= 15 is 0 Å². The Labute approximate surface area is 236 Å². The molecule has 6 rings (SSSR count). The molecule has 12 heteroatoms. The van der Waals surface area contributed by atoms with E-state index in [9.17, 15) is 22.2 Å². The second kappa shape index (κ2) is 10.5. The van der Waals surface area contributed by atoms with Crippen molar-refractivity contribution in [3.05, 3.63) is 95.8 Å². The van der Waals surface area contributed by atoms with Crippen LogP contribution in [0.3, 0.4) is 0 Å². The van der Waals surface area contributed by atoms with Crippen LogP contribution in [0.1, 0.15) is 15.9 Å². The van der Waals surface area contributed by atoms with Crippen LogP contribution >= 0.6 is 22.7 Å². The fourth-order valence-electron chi connectivity index (χ4n) is 4.18. The van der Waals surface area contributed by atoms with Gasteiger partial charge >= 0.3 is 0 Å². The highest BCUT2D eigenvalue weighted by Gasteiger charge is 2.17. The molecule has 0 aliphatic carbocycles. The largest absolute Gasteiger partial charge is 0.744 e. The third-order valence-corrected chi connectivity index (χ3v) is 9.45. The fourth-order valence-corrected chi connectivity index (χ4v) is 7.47. The molecule has 0 saturated heterocycles. The molecule has 0 bridgehead atoms. The number of thiazole rings is 2. The number of fused-ring (bicyclic) bond motifs is 2. The smallest absolute Gasteiger partial charge is 0.255 e. The number of nitrogens with zero attached hydrogens (tertiary/aromatic N) is 2. The lowest BCUT2D eigenvalue weighted by Gasteiger charge is -2.10. The van der Waals surface area contributed by atoms with Crippen LogP contribution in [0.15, 0.2) is 83.8 Å². The van der Waals surface area contributed by atoms with Crippen LogP contribution in [0.2, 0.25) is 0 Å². The zero-order valence-corrected chi connectivity index (χ0v) is 23.6. The van der Waals surface area contributed by atoms with Crippen molar-refractivity contribution in [1.82, 2.24) is 16.1 Å². The second-order valence-electron chi connectivity index (χ2n) is 8.77. The average Bonchev–Trinajstić information content (AvgIpc) is 3.52. The lowest BCUT2D eigenvalue weighted by Crippen LogP contribution is -2.11. The summed E-state index contributed by atoms with van der Waals surface area (Å²) in [5.74, 6) is -0.738. The van der Waals surface area contributed by atoms with E-state index in [0.29, 0.717) is 32.0 Å². The first-order valence-electron chi connectivity index (χ1n) is 11.6. The maximum Gasteiger partial charge on any atom is 0.255 e. The highest BCUT2D eigenvalue weighted by molar-refractivity contribution is 7.86. The van der Waals surface area contributed by atoms with Gasteiger partial charge < -0.3 is 16.0 Å². The number of amides is 1. The van der Waals surface area contributed by atoms with E-state index in [2.05, 4.69) is 10.3 Å². The van der Waals surface area contributed by atoms with Crippen LogP contribution in [-0.2, 0) is 10.1 Å². The Hall–Kier alpha value is -4.07. The Kier molecular flexibility index (Phi) is 7.21. The SMILES string of the molecule is Cc1ccc2nc(-c3ccc4nc(-c5ccc(NC(=O)c6ccc(F)cc6)cc5)sc4c3)sc2c1S(=O)(=O)[O-].[NH4+]. The van der Waals surface area contributed by atoms with Crippen molar-refractivity contribution < 1.29 is 22.2 Å². The number of rotatable bonds is 5. The van der Waals surface area contributed by atoms with Crippen molar-refractivity contribution in [3.63, 3.8) is 0 Å². The van der Waals surface area contributed by atoms with Crippen LogP contribution < -0.4 is 11.5 Å². The first-order chi connectivity index (χ1) is 18.7. The summed E-state index contributed by atoms with van der Waals surface area (Å²) < 4.78 is 50.0. The molecule has 2 heterocycles. The van der Waals surface area contributed by atoms with Gasteiger partial charge in [0.05, 0.1) is 25.3 Å². The summed E-state index contributed by atoms with van der Waals surface area (Å²) in [7, 11) is -4.64. The Morgan fingerprint density at radius 3 is 2.17 bits per heavy atom. The number of carbonyl (C=O) groups is 1. The minimum Gasteiger partial charge on any atom is -0.744 e. The maximum atomic E-state index is 13.1. The summed E-state index contributed by atoms with van der Waals surface area (Å²) in [6, 6.07) is 21.6. The van der Waals surface area contributed by atoms with Gasteiger partial charge in [-0.15, -0.1) is 22.7 Å². The molecule has 6 aromatic rings. The topological polar surface area (TPSA) is 149 Å². The number of carbonyl (C=O) groups excluding carboxylic acids is 1. The van der Waals surface area contributed by atoms with Gasteiger partial charge in [-0.3, -0.25) is 4.79 Å². The van der Waals surface area contributed by atoms with E-state index in [-0.39, 0.29) is 17.0 Å². The molecule has 0 fully saturated rings. The Balaban J connectivity index is 0.00000323. The molecular weight excluding hydrogens is 572 g/mol. The van der Waals surface area contributed by atoms with E-state index in [1.807, 2.05) is 30.3 Å². The number of benzene rings is 4. The molecule has 1 amide bonds. The molecule has 0 radical (unpaired) electrons. The van der Waals surface area contributed by atoms with Crippen LogP contribution in [0, 0.1) is 12.7 Å². The molecule has 0 aliphatic heterocycles. The number of aryl methyl sites for hydroxylation is 1. The Morgan fingerprint density at radius 1 is 0.850 bits per heavy atom. The summed E-state index contributed by atoms with van der Waals surface area (Å²) in [6.07, 6.45) is 0. The summed E-state index contributed by atoms with van der Waals surface area (Å²) in [5, 5.41) is 4.19. The number of anilines is 1. The number of nitrogens with one attached hydrogen (secondary N) is 1. The van der Waals surface area contributed by atoms with Gasteiger partial charge in [0, 0.05) is 22.4 Å². The Morgan fingerprint density at radius 2 is 1.48 bits per heavy atom. The minimum absolute atomic E-state index is 0. The van der Waals surface area contributed by atoms with E-state index in [1.165, 1.54) is 46.9 Å². The van der Waals surface area contributed by atoms with Crippen molar-refractivity contribution >= 4 is 64.8 Å². The van der Waals surface area contributed by atoms with E-state index in [1.54, 1.807) is 31.2 Å². The molecule has 0 atom stereocenters. The zero-order valence-electron chi connectivity index (χ0n) is 21.1. The van der Waals surface area contributed by atoms with Gasteiger partial charge in [0.25, 0.3) is 5.91 Å². The van der Waals surface area contributed by atoms with E-state index in [4.69, 9.17) is 4.98 Å². The molecule has 0 aliphatic rings. The zero-order chi connectivity index (χ0) is 27.3. The highest BCUT2D eigenvalue weighted by Crippen LogP contribution is 2.38. The van der Waals surface area contributed by atoms with Gasteiger partial charge in [-0.1, -0.05) is 6.07 Å². The van der Waals surface area contributed by atoms with Crippen molar-refractivity contribution in [1.29, 1.82) is 0 Å². The normalized spacial score (nSPS) is 11.5. The van der Waals surface area contributed by atoms with Crippen molar-refractivity contribution in [2.75, 3.05) is 5.32 Å². The molecule has 2 aromatic heterocycles. The average molecular weight is 593 g/mol. The van der Waals surface area contributed by atoms with Gasteiger partial charge in [0.1, 0.15) is 26.0 Å². The first-order valence-corrected chi connectivity index (χ1v) is 14.6. The van der Waals surface area contributed by atoms with Crippen LogP contribution in [0.25, 0.3) is 41.6 Å². The summed E-state index contributed by atoms with van der Waals surface area (Å²) in [4.78, 5) is 21.5. The standard InChI is InChI=1S/C28H18FN3O4S3.H3N/c1-15-2-12-22-24(25(15)39(34,35)36)38-28(32-22)18-7-13-21-23(14-18)37-27(31-21)17-5-10-20(11-6-17)30-26(33)16-3-8-19(29)9-4-16;/h2-14H,1H3,(H,30,33)(H,34,35,36);1H3. The number of hydrogen-bond donors (Lipinski definition) is 2. The van der Waals surface area contributed by atoms with Crippen molar-refractivity contribution in [3.8, 4) is 21.1 Å². The van der Waals surface area contributed by atoms with Gasteiger partial charge in [-0.25, -0.2) is 22.8 Å². The molecule has 8 nitrogen and oxygen atoms in total. The lowest BCUT2D eigenvalue weighted by molar-refractivity contribution is 0.102. The third-order valence-electron chi connectivity index (χ3n) is 6.09. The number of halogens is 1. The van der Waals surface area contributed by atoms with E-state index < -0.39 is 15.9 Å². The predicted octanol–water partition coefficient (Wildman–Crippen LogP) is 7.22. The number of aromatic nitrogens is 2. The van der Waals surface area contributed by atoms with Gasteiger partial charge in [0.2, 0.25) is 0 Å². The van der Waals surface area contributed by atoms with Gasteiger partial charge in [0.15, 0.2) is 0 Å². The van der Waals surface area contributed by atoms with Gasteiger partial charge in [-0.05, 0) is 85.3 Å². The Bertz CT molecular complexity index is 2000. The molecule has 5 N–H and O–H groups in total. The summed E-state index contributed by atoms with van der Waals surface area (Å²) in [5.41, 5.74) is 4.29. The fraction of sp³-hybridized carbons (Fsp3) is 0.0357. The van der Waals surface area contributed by atoms with Crippen molar-refractivity contribution in [2.45, 2.75) is 11.8 Å². The number of hydrogen-bond acceptors (Lipinski definition) is 8. The number of quaternary nitrogens is 1. The highest BCUT2D eigenvalue weighted by atomic mass is 32.2. The van der Waals surface area contributed by atoms with Crippen LogP contribution in [-0.4, -0.2) is 28.8 Å². The lowest BCUT2D eigenvalue weighted by atomic mass is 10.2. The molecular formula is C28H21FN4O4S3. The molecule has 0 saturated carbocycles. The summed E-state index contributed by atoms with van der Waals surface area (Å²) >= 11 is 2.67. The van der Waals surface area contributed by atoms with Crippen LogP contribution in [0.5, 0.6) is 0 Å². The van der Waals surface area contributed by atoms with Crippen LogP contribution in [0.4, 0.5) is 10.1 Å². The third kappa shape index (κ3) is 5.22. The maximum absolute atomic E-state index is 13.1. The predicted molar refractivity (Wildman–Crippen MR) is 157 cm³/mol. The minimum atomic E-state index is -4.64. The summed E-state index contributed by atoms with van der Waals surface area (Å²) in [6.45, 7) is 1.60.